The molecule has 0 spiro atoms. The van der Waals surface area contributed by atoms with Gasteiger partial charge in [0.15, 0.2) is 0 Å². The SMILES string of the molecule is Cc1cccc(Cn2c(-c3cccnc3Cl)nc3ccccc32)c1. The summed E-state index contributed by atoms with van der Waals surface area (Å²) in [6, 6.07) is 20.5. The fraction of sp³-hybridized carbons (Fsp3) is 0.100. The van der Waals surface area contributed by atoms with Crippen molar-refractivity contribution in [3.8, 4) is 11.4 Å². The Kier molecular flexibility index (Phi) is 3.79. The molecule has 0 N–H and O–H groups in total. The van der Waals surface area contributed by atoms with Crippen LogP contribution in [-0.2, 0) is 6.54 Å². The van der Waals surface area contributed by atoms with E-state index < -0.39 is 0 Å². The van der Waals surface area contributed by atoms with Crippen molar-refractivity contribution in [1.29, 1.82) is 0 Å². The summed E-state index contributed by atoms with van der Waals surface area (Å²) >= 11 is 6.32. The van der Waals surface area contributed by atoms with Gasteiger partial charge in [-0.1, -0.05) is 53.6 Å². The van der Waals surface area contributed by atoms with Gasteiger partial charge in [0, 0.05) is 12.7 Å². The molecule has 2 aromatic carbocycles. The highest BCUT2D eigenvalue weighted by molar-refractivity contribution is 6.32. The molecule has 2 heterocycles. The Labute approximate surface area is 145 Å². The topological polar surface area (TPSA) is 30.7 Å². The Morgan fingerprint density at radius 1 is 1.00 bits per heavy atom. The molecule has 0 bridgehead atoms. The first-order valence-corrected chi connectivity index (χ1v) is 8.22. The van der Waals surface area contributed by atoms with Crippen LogP contribution in [0.25, 0.3) is 22.4 Å². The van der Waals surface area contributed by atoms with Crippen molar-refractivity contribution in [2.24, 2.45) is 0 Å². The zero-order valence-corrected chi connectivity index (χ0v) is 14.0. The number of aromatic nitrogens is 3. The van der Waals surface area contributed by atoms with Crippen molar-refractivity contribution in [3.05, 3.63) is 83.1 Å². The van der Waals surface area contributed by atoms with Crippen LogP contribution < -0.4 is 0 Å². The highest BCUT2D eigenvalue weighted by atomic mass is 35.5. The molecule has 4 heteroatoms. The van der Waals surface area contributed by atoms with E-state index in [9.17, 15) is 0 Å². The first-order chi connectivity index (χ1) is 11.7. The van der Waals surface area contributed by atoms with Crippen molar-refractivity contribution < 1.29 is 0 Å². The minimum atomic E-state index is 0.471. The van der Waals surface area contributed by atoms with Crippen LogP contribution in [0.4, 0.5) is 0 Å². The number of imidazole rings is 1. The summed E-state index contributed by atoms with van der Waals surface area (Å²) in [6.07, 6.45) is 1.69. The van der Waals surface area contributed by atoms with Crippen molar-refractivity contribution in [2.75, 3.05) is 0 Å². The van der Waals surface area contributed by atoms with Crippen LogP contribution in [0.2, 0.25) is 5.15 Å². The van der Waals surface area contributed by atoms with E-state index >= 15 is 0 Å². The predicted octanol–water partition coefficient (Wildman–Crippen LogP) is 5.11. The van der Waals surface area contributed by atoms with Crippen molar-refractivity contribution >= 4 is 22.6 Å². The second kappa shape index (κ2) is 6.10. The van der Waals surface area contributed by atoms with E-state index in [1.165, 1.54) is 11.1 Å². The summed E-state index contributed by atoms with van der Waals surface area (Å²) in [5.41, 5.74) is 5.38. The Hall–Kier alpha value is -2.65. The van der Waals surface area contributed by atoms with Gasteiger partial charge in [0.1, 0.15) is 11.0 Å². The summed E-state index contributed by atoms with van der Waals surface area (Å²) in [6.45, 7) is 2.84. The van der Waals surface area contributed by atoms with Crippen LogP contribution in [0.5, 0.6) is 0 Å². The average molecular weight is 334 g/mol. The molecule has 24 heavy (non-hydrogen) atoms. The number of rotatable bonds is 3. The third-order valence-electron chi connectivity index (χ3n) is 4.08. The lowest BCUT2D eigenvalue weighted by Gasteiger charge is -2.11. The fourth-order valence-electron chi connectivity index (χ4n) is 2.99. The molecular formula is C20H16ClN3. The van der Waals surface area contributed by atoms with Crippen LogP contribution in [0.3, 0.4) is 0 Å². The fourth-order valence-corrected chi connectivity index (χ4v) is 3.19. The van der Waals surface area contributed by atoms with Crippen LogP contribution in [-0.4, -0.2) is 14.5 Å². The lowest BCUT2D eigenvalue weighted by molar-refractivity contribution is 0.833. The van der Waals surface area contributed by atoms with Gasteiger partial charge in [-0.05, 0) is 36.8 Å². The summed E-state index contributed by atoms with van der Waals surface area (Å²) < 4.78 is 2.20. The molecule has 0 saturated heterocycles. The van der Waals surface area contributed by atoms with E-state index in [0.29, 0.717) is 5.15 Å². The molecule has 4 rings (SSSR count). The van der Waals surface area contributed by atoms with E-state index in [-0.39, 0.29) is 0 Å². The molecule has 3 nitrogen and oxygen atoms in total. The first kappa shape index (κ1) is 14.9. The zero-order valence-electron chi connectivity index (χ0n) is 13.3. The molecule has 0 aliphatic carbocycles. The number of para-hydroxylation sites is 2. The molecule has 0 atom stereocenters. The standard InChI is InChI=1S/C20H16ClN3/c1-14-6-4-7-15(12-14)13-24-18-10-3-2-9-17(18)23-20(24)16-8-5-11-22-19(16)21/h2-12H,13H2,1H3. The van der Waals surface area contributed by atoms with E-state index in [1.807, 2.05) is 30.3 Å². The van der Waals surface area contributed by atoms with Gasteiger partial charge >= 0.3 is 0 Å². The van der Waals surface area contributed by atoms with E-state index in [1.54, 1.807) is 6.20 Å². The Balaban J connectivity index is 1.92. The lowest BCUT2D eigenvalue weighted by Crippen LogP contribution is -2.03. The summed E-state index contributed by atoms with van der Waals surface area (Å²) in [5, 5.41) is 0.471. The van der Waals surface area contributed by atoms with E-state index in [0.717, 1.165) is 29.0 Å². The minimum absolute atomic E-state index is 0.471. The van der Waals surface area contributed by atoms with Gasteiger partial charge in [0.25, 0.3) is 0 Å². The van der Waals surface area contributed by atoms with Gasteiger partial charge in [-0.15, -0.1) is 0 Å². The number of pyridine rings is 1. The summed E-state index contributed by atoms with van der Waals surface area (Å²) in [7, 11) is 0. The molecule has 0 aliphatic heterocycles. The monoisotopic (exact) mass is 333 g/mol. The molecular weight excluding hydrogens is 318 g/mol. The van der Waals surface area contributed by atoms with Crippen molar-refractivity contribution in [2.45, 2.75) is 13.5 Å². The molecule has 0 fully saturated rings. The molecule has 4 aromatic rings. The van der Waals surface area contributed by atoms with Gasteiger partial charge in [-0.3, -0.25) is 0 Å². The van der Waals surface area contributed by atoms with Crippen LogP contribution in [0, 0.1) is 6.92 Å². The number of hydrogen-bond acceptors (Lipinski definition) is 2. The molecule has 118 valence electrons. The summed E-state index contributed by atoms with van der Waals surface area (Å²) in [5.74, 6) is 0.843. The van der Waals surface area contributed by atoms with Crippen molar-refractivity contribution in [3.63, 3.8) is 0 Å². The van der Waals surface area contributed by atoms with E-state index in [4.69, 9.17) is 16.6 Å². The second-order valence-corrected chi connectivity index (χ2v) is 6.20. The zero-order chi connectivity index (χ0) is 16.5. The molecule has 0 aliphatic rings. The van der Waals surface area contributed by atoms with Gasteiger partial charge in [-0.25, -0.2) is 9.97 Å². The maximum Gasteiger partial charge on any atom is 0.144 e. The number of aryl methyl sites for hydroxylation is 1. The molecule has 2 aromatic heterocycles. The molecule has 0 radical (unpaired) electrons. The highest BCUT2D eigenvalue weighted by Crippen LogP contribution is 2.29. The third kappa shape index (κ3) is 2.68. The normalized spacial score (nSPS) is 11.1. The summed E-state index contributed by atoms with van der Waals surface area (Å²) in [4.78, 5) is 9.00. The Bertz CT molecular complexity index is 1020. The van der Waals surface area contributed by atoms with Gasteiger partial charge < -0.3 is 4.57 Å². The molecule has 0 saturated carbocycles. The van der Waals surface area contributed by atoms with Crippen LogP contribution in [0.15, 0.2) is 66.9 Å². The van der Waals surface area contributed by atoms with Gasteiger partial charge in [0.2, 0.25) is 0 Å². The third-order valence-corrected chi connectivity index (χ3v) is 4.38. The second-order valence-electron chi connectivity index (χ2n) is 5.84. The maximum absolute atomic E-state index is 6.32. The van der Waals surface area contributed by atoms with Crippen molar-refractivity contribution in [1.82, 2.24) is 14.5 Å². The van der Waals surface area contributed by atoms with Gasteiger partial charge in [0.05, 0.1) is 16.6 Å². The number of benzene rings is 2. The first-order valence-electron chi connectivity index (χ1n) is 7.84. The quantitative estimate of drug-likeness (QED) is 0.488. The predicted molar refractivity (Wildman–Crippen MR) is 98.3 cm³/mol. The Morgan fingerprint density at radius 3 is 2.71 bits per heavy atom. The van der Waals surface area contributed by atoms with Crippen LogP contribution in [0.1, 0.15) is 11.1 Å². The minimum Gasteiger partial charge on any atom is -0.319 e. The lowest BCUT2D eigenvalue weighted by atomic mass is 10.1. The Morgan fingerprint density at radius 2 is 1.88 bits per heavy atom. The smallest absolute Gasteiger partial charge is 0.144 e. The molecule has 0 amide bonds. The van der Waals surface area contributed by atoms with Gasteiger partial charge in [-0.2, -0.15) is 0 Å². The number of nitrogens with zero attached hydrogens (tertiary/aromatic N) is 3. The number of fused-ring (bicyclic) bond motifs is 1. The highest BCUT2D eigenvalue weighted by Gasteiger charge is 2.15. The average Bonchev–Trinajstić information content (AvgIpc) is 2.94. The maximum atomic E-state index is 6.32. The largest absolute Gasteiger partial charge is 0.319 e. The number of halogens is 1. The molecule has 0 unspecified atom stereocenters. The van der Waals surface area contributed by atoms with E-state index in [2.05, 4.69) is 46.8 Å². The van der Waals surface area contributed by atoms with Crippen LogP contribution >= 0.6 is 11.6 Å². The number of hydrogen-bond donors (Lipinski definition) is 0.